The van der Waals surface area contributed by atoms with E-state index in [4.69, 9.17) is 16.7 Å². The van der Waals surface area contributed by atoms with Crippen LogP contribution < -0.4 is 5.32 Å². The lowest BCUT2D eigenvalue weighted by molar-refractivity contribution is 0.0687. The van der Waals surface area contributed by atoms with Crippen molar-refractivity contribution in [1.29, 1.82) is 0 Å². The Balaban J connectivity index is 0.00000225. The summed E-state index contributed by atoms with van der Waals surface area (Å²) in [5.74, 6) is -2.28. The summed E-state index contributed by atoms with van der Waals surface area (Å²) < 4.78 is 0. The second-order valence-corrected chi connectivity index (χ2v) is 5.46. The maximum absolute atomic E-state index is 11.5. The molecular weight excluding hydrogens is 367 g/mol. The summed E-state index contributed by atoms with van der Waals surface area (Å²) in [5, 5.41) is 22.5. The fourth-order valence-corrected chi connectivity index (χ4v) is 2.52. The van der Waals surface area contributed by atoms with E-state index in [1.54, 1.807) is 24.3 Å². The SMILES string of the molecule is Cl.O=C(O)c1ccc2ncc(C(=O)O)c(Nc3cccc(Cl)c3)c2c1. The third-order valence-electron chi connectivity index (χ3n) is 3.44. The van der Waals surface area contributed by atoms with Gasteiger partial charge in [-0.1, -0.05) is 17.7 Å². The predicted molar refractivity (Wildman–Crippen MR) is 97.6 cm³/mol. The van der Waals surface area contributed by atoms with E-state index in [1.807, 2.05) is 0 Å². The van der Waals surface area contributed by atoms with E-state index in [-0.39, 0.29) is 29.2 Å². The normalized spacial score (nSPS) is 10.1. The van der Waals surface area contributed by atoms with Gasteiger partial charge in [-0.05, 0) is 36.4 Å². The van der Waals surface area contributed by atoms with Crippen LogP contribution in [-0.4, -0.2) is 27.1 Å². The Morgan fingerprint density at radius 1 is 1.04 bits per heavy atom. The Morgan fingerprint density at radius 2 is 1.80 bits per heavy atom. The van der Waals surface area contributed by atoms with Crippen molar-refractivity contribution in [1.82, 2.24) is 4.98 Å². The van der Waals surface area contributed by atoms with Gasteiger partial charge in [0.15, 0.2) is 0 Å². The molecule has 0 aliphatic carbocycles. The van der Waals surface area contributed by atoms with Gasteiger partial charge in [0.2, 0.25) is 0 Å². The minimum Gasteiger partial charge on any atom is -0.478 e. The lowest BCUT2D eigenvalue weighted by Crippen LogP contribution is -2.05. The van der Waals surface area contributed by atoms with Gasteiger partial charge in [0, 0.05) is 22.3 Å². The number of hydrogen-bond acceptors (Lipinski definition) is 4. The first-order chi connectivity index (χ1) is 11.5. The largest absolute Gasteiger partial charge is 0.478 e. The molecule has 3 N–H and O–H groups in total. The molecule has 1 heterocycles. The molecule has 8 heteroatoms. The summed E-state index contributed by atoms with van der Waals surface area (Å²) in [7, 11) is 0. The fraction of sp³-hybridized carbons (Fsp3) is 0. The average Bonchev–Trinajstić information content (AvgIpc) is 2.54. The maximum Gasteiger partial charge on any atom is 0.339 e. The molecule has 0 atom stereocenters. The summed E-state index contributed by atoms with van der Waals surface area (Å²) in [5.41, 5.74) is 1.30. The molecule has 0 aliphatic heterocycles. The molecule has 1 aromatic heterocycles. The smallest absolute Gasteiger partial charge is 0.339 e. The van der Waals surface area contributed by atoms with Crippen LogP contribution in [0.1, 0.15) is 20.7 Å². The molecule has 6 nitrogen and oxygen atoms in total. The number of carbonyl (C=O) groups is 2. The number of rotatable bonds is 4. The average molecular weight is 379 g/mol. The van der Waals surface area contributed by atoms with Gasteiger partial charge < -0.3 is 15.5 Å². The van der Waals surface area contributed by atoms with Crippen LogP contribution in [0.25, 0.3) is 10.9 Å². The molecule has 0 aliphatic rings. The van der Waals surface area contributed by atoms with Crippen LogP contribution in [0.4, 0.5) is 11.4 Å². The quantitative estimate of drug-likeness (QED) is 0.619. The van der Waals surface area contributed by atoms with E-state index in [0.29, 0.717) is 21.6 Å². The van der Waals surface area contributed by atoms with Crippen LogP contribution in [-0.2, 0) is 0 Å². The Kier molecular flexibility index (Phi) is 5.46. The van der Waals surface area contributed by atoms with Crippen molar-refractivity contribution in [2.75, 3.05) is 5.32 Å². The van der Waals surface area contributed by atoms with Crippen LogP contribution in [0.3, 0.4) is 0 Å². The molecule has 0 saturated carbocycles. The Morgan fingerprint density at radius 3 is 2.44 bits per heavy atom. The lowest BCUT2D eigenvalue weighted by atomic mass is 10.1. The molecule has 2 aromatic carbocycles. The maximum atomic E-state index is 11.5. The minimum atomic E-state index is -1.17. The molecule has 0 amide bonds. The molecule has 25 heavy (non-hydrogen) atoms. The second kappa shape index (κ2) is 7.38. The molecule has 0 fully saturated rings. The number of aromatic nitrogens is 1. The summed E-state index contributed by atoms with van der Waals surface area (Å²) >= 11 is 5.95. The van der Waals surface area contributed by atoms with Crippen LogP contribution in [0.5, 0.6) is 0 Å². The first-order valence-corrected chi connectivity index (χ1v) is 7.25. The number of benzene rings is 2. The number of pyridine rings is 1. The Hall–Kier alpha value is -2.83. The first kappa shape index (κ1) is 18.5. The van der Waals surface area contributed by atoms with E-state index >= 15 is 0 Å². The van der Waals surface area contributed by atoms with Gasteiger partial charge in [0.25, 0.3) is 0 Å². The Bertz CT molecular complexity index is 971. The third kappa shape index (κ3) is 3.81. The van der Waals surface area contributed by atoms with Crippen LogP contribution in [0.15, 0.2) is 48.7 Å². The van der Waals surface area contributed by atoms with E-state index in [1.165, 1.54) is 24.4 Å². The lowest BCUT2D eigenvalue weighted by Gasteiger charge is -2.13. The molecule has 3 aromatic rings. The van der Waals surface area contributed by atoms with E-state index in [9.17, 15) is 14.7 Å². The highest BCUT2D eigenvalue weighted by atomic mass is 35.5. The van der Waals surface area contributed by atoms with Crippen molar-refractivity contribution in [2.24, 2.45) is 0 Å². The zero-order chi connectivity index (χ0) is 17.3. The molecule has 128 valence electrons. The minimum absolute atomic E-state index is 0. The number of nitrogens with one attached hydrogen (secondary N) is 1. The zero-order valence-corrected chi connectivity index (χ0v) is 14.1. The monoisotopic (exact) mass is 378 g/mol. The highest BCUT2D eigenvalue weighted by molar-refractivity contribution is 6.30. The van der Waals surface area contributed by atoms with Crippen molar-refractivity contribution in [3.63, 3.8) is 0 Å². The number of aromatic carboxylic acids is 2. The molecule has 0 saturated heterocycles. The number of nitrogens with zero attached hydrogens (tertiary/aromatic N) is 1. The molecule has 0 unspecified atom stereocenters. The molecule has 0 bridgehead atoms. The number of halogens is 2. The highest BCUT2D eigenvalue weighted by Crippen LogP contribution is 2.30. The predicted octanol–water partition coefficient (Wildman–Crippen LogP) is 4.45. The Labute approximate surface area is 153 Å². The van der Waals surface area contributed by atoms with Gasteiger partial charge in [-0.2, -0.15) is 0 Å². The highest BCUT2D eigenvalue weighted by Gasteiger charge is 2.16. The summed E-state index contributed by atoms with van der Waals surface area (Å²) in [6.07, 6.45) is 1.23. The molecule has 3 rings (SSSR count). The standard InChI is InChI=1S/C17H11ClN2O4.ClH/c18-10-2-1-3-11(7-10)20-15-12-6-9(16(21)22)4-5-14(12)19-8-13(15)17(23)24;/h1-8H,(H,19,20)(H,21,22)(H,23,24);1H. The van der Waals surface area contributed by atoms with Gasteiger partial charge >= 0.3 is 11.9 Å². The van der Waals surface area contributed by atoms with Crippen molar-refractivity contribution < 1.29 is 19.8 Å². The zero-order valence-electron chi connectivity index (χ0n) is 12.6. The number of hydrogen-bond donors (Lipinski definition) is 3. The third-order valence-corrected chi connectivity index (χ3v) is 3.67. The van der Waals surface area contributed by atoms with Gasteiger partial charge in [0.1, 0.15) is 5.56 Å². The first-order valence-electron chi connectivity index (χ1n) is 6.87. The van der Waals surface area contributed by atoms with E-state index < -0.39 is 11.9 Å². The topological polar surface area (TPSA) is 99.5 Å². The number of anilines is 2. The summed E-state index contributed by atoms with van der Waals surface area (Å²) in [4.78, 5) is 26.8. The summed E-state index contributed by atoms with van der Waals surface area (Å²) in [6, 6.07) is 11.1. The van der Waals surface area contributed by atoms with E-state index in [0.717, 1.165) is 0 Å². The number of carboxylic acid groups (broad SMARTS) is 2. The summed E-state index contributed by atoms with van der Waals surface area (Å²) in [6.45, 7) is 0. The van der Waals surface area contributed by atoms with Crippen LogP contribution >= 0.6 is 24.0 Å². The molecule has 0 spiro atoms. The van der Waals surface area contributed by atoms with E-state index in [2.05, 4.69) is 10.3 Å². The van der Waals surface area contributed by atoms with Crippen LogP contribution in [0, 0.1) is 0 Å². The van der Waals surface area contributed by atoms with Gasteiger partial charge in [-0.15, -0.1) is 12.4 Å². The molecular formula is C17H12Cl2N2O4. The van der Waals surface area contributed by atoms with Gasteiger partial charge in [-0.3, -0.25) is 4.98 Å². The van der Waals surface area contributed by atoms with Crippen molar-refractivity contribution in [3.8, 4) is 0 Å². The van der Waals surface area contributed by atoms with Crippen molar-refractivity contribution in [3.05, 3.63) is 64.8 Å². The number of fused-ring (bicyclic) bond motifs is 1. The second-order valence-electron chi connectivity index (χ2n) is 5.02. The van der Waals surface area contributed by atoms with Gasteiger partial charge in [-0.25, -0.2) is 9.59 Å². The van der Waals surface area contributed by atoms with Crippen molar-refractivity contribution in [2.45, 2.75) is 0 Å². The van der Waals surface area contributed by atoms with Crippen LogP contribution in [0.2, 0.25) is 5.02 Å². The van der Waals surface area contributed by atoms with Gasteiger partial charge in [0.05, 0.1) is 16.8 Å². The molecule has 0 radical (unpaired) electrons. The fourth-order valence-electron chi connectivity index (χ4n) is 2.33. The van der Waals surface area contributed by atoms with Crippen molar-refractivity contribution >= 4 is 58.2 Å². The number of carboxylic acids is 2.